The first kappa shape index (κ1) is 20.4. The van der Waals surface area contributed by atoms with E-state index in [-0.39, 0.29) is 10.7 Å². The Bertz CT molecular complexity index is 1320. The number of ketones is 1. The summed E-state index contributed by atoms with van der Waals surface area (Å²) in [6, 6.07) is 16.2. The first-order chi connectivity index (χ1) is 14.3. The smallest absolute Gasteiger partial charge is 0.239 e. The van der Waals surface area contributed by atoms with Crippen LogP contribution in [0.15, 0.2) is 71.1 Å². The van der Waals surface area contributed by atoms with Gasteiger partial charge in [-0.05, 0) is 41.6 Å². The van der Waals surface area contributed by atoms with Crippen molar-refractivity contribution in [2.24, 2.45) is 5.14 Å². The number of aromatic nitrogens is 1. The third-order valence-corrected chi connectivity index (χ3v) is 7.41. The molecule has 2 aromatic heterocycles. The summed E-state index contributed by atoms with van der Waals surface area (Å²) in [7, 11) is -3.77. The van der Waals surface area contributed by atoms with Gasteiger partial charge in [0.2, 0.25) is 15.8 Å². The summed E-state index contributed by atoms with van der Waals surface area (Å²) < 4.78 is 23.4. The lowest BCUT2D eigenvalue weighted by molar-refractivity contribution is 0.104. The zero-order valence-electron chi connectivity index (χ0n) is 15.8. The summed E-state index contributed by atoms with van der Waals surface area (Å²) >= 11 is 2.60. The van der Waals surface area contributed by atoms with E-state index < -0.39 is 10.0 Å². The Hall–Kier alpha value is -2.85. The minimum absolute atomic E-state index is 0.0535. The van der Waals surface area contributed by atoms with Crippen molar-refractivity contribution >= 4 is 49.3 Å². The van der Waals surface area contributed by atoms with Crippen molar-refractivity contribution < 1.29 is 13.2 Å². The van der Waals surface area contributed by atoms with Crippen molar-refractivity contribution in [3.63, 3.8) is 0 Å². The number of primary sulfonamides is 1. The molecule has 3 N–H and O–H groups in total. The average molecular weight is 456 g/mol. The van der Waals surface area contributed by atoms with Crippen molar-refractivity contribution in [2.75, 3.05) is 5.32 Å². The summed E-state index contributed by atoms with van der Waals surface area (Å²) in [5, 5.41) is 10.8. The second kappa shape index (κ2) is 8.11. The van der Waals surface area contributed by atoms with Crippen LogP contribution < -0.4 is 10.5 Å². The van der Waals surface area contributed by atoms with Gasteiger partial charge in [-0.3, -0.25) is 4.79 Å². The molecule has 0 fully saturated rings. The molecule has 2 heterocycles. The molecule has 6 nitrogen and oxygen atoms in total. The summed E-state index contributed by atoms with van der Waals surface area (Å²) in [4.78, 5) is 18.3. The van der Waals surface area contributed by atoms with Crippen molar-refractivity contribution in [3.8, 4) is 10.4 Å². The molecule has 0 radical (unpaired) electrons. The number of nitrogens with zero attached hydrogens (tertiary/aromatic N) is 1. The Kier molecular flexibility index (Phi) is 5.52. The van der Waals surface area contributed by atoms with Crippen molar-refractivity contribution in [2.45, 2.75) is 11.8 Å². The number of nitrogens with one attached hydrogen (secondary N) is 1. The number of carbonyl (C=O) groups excluding carboxylic acids is 1. The van der Waals surface area contributed by atoms with E-state index in [1.807, 2.05) is 55.5 Å². The van der Waals surface area contributed by atoms with Gasteiger partial charge in [-0.1, -0.05) is 47.7 Å². The molecule has 0 aliphatic carbocycles. The zero-order valence-corrected chi connectivity index (χ0v) is 18.3. The predicted molar refractivity (Wildman–Crippen MR) is 121 cm³/mol. The molecular formula is C21H17N3O3S3. The quantitative estimate of drug-likeness (QED) is 0.407. The molecule has 0 spiro atoms. The number of rotatable bonds is 6. The third kappa shape index (κ3) is 4.19. The molecule has 9 heteroatoms. The van der Waals surface area contributed by atoms with Crippen LogP contribution in [0.3, 0.4) is 0 Å². The van der Waals surface area contributed by atoms with Crippen molar-refractivity contribution in [1.82, 2.24) is 4.98 Å². The topological polar surface area (TPSA) is 102 Å². The number of aryl methyl sites for hydroxylation is 1. The second-order valence-corrected chi connectivity index (χ2v) is 10.0. The monoisotopic (exact) mass is 455 g/mol. The fourth-order valence-electron chi connectivity index (χ4n) is 2.96. The highest BCUT2D eigenvalue weighted by molar-refractivity contribution is 7.89. The third-order valence-electron chi connectivity index (χ3n) is 4.45. The van der Waals surface area contributed by atoms with Gasteiger partial charge in [0.05, 0.1) is 16.0 Å². The Labute approximate surface area is 182 Å². The van der Waals surface area contributed by atoms with Gasteiger partial charge in [0, 0.05) is 11.3 Å². The van der Waals surface area contributed by atoms with E-state index in [0.717, 1.165) is 16.8 Å². The molecule has 30 heavy (non-hydrogen) atoms. The molecule has 0 bridgehead atoms. The highest BCUT2D eigenvalue weighted by Crippen LogP contribution is 2.33. The molecule has 0 saturated carbocycles. The maximum absolute atomic E-state index is 12.7. The summed E-state index contributed by atoms with van der Waals surface area (Å²) in [6.07, 6.45) is 1.57. The zero-order chi connectivity index (χ0) is 21.3. The Morgan fingerprint density at radius 2 is 1.80 bits per heavy atom. The van der Waals surface area contributed by atoms with E-state index in [1.165, 1.54) is 28.7 Å². The molecule has 4 aromatic rings. The number of hydrogen-bond acceptors (Lipinski definition) is 7. The van der Waals surface area contributed by atoms with Gasteiger partial charge >= 0.3 is 0 Å². The van der Waals surface area contributed by atoms with E-state index in [2.05, 4.69) is 10.3 Å². The van der Waals surface area contributed by atoms with Gasteiger partial charge in [-0.25, -0.2) is 18.5 Å². The number of sulfonamides is 1. The van der Waals surface area contributed by atoms with E-state index in [0.29, 0.717) is 20.4 Å². The number of carbonyl (C=O) groups is 1. The molecule has 0 saturated heterocycles. The van der Waals surface area contributed by atoms with Gasteiger partial charge in [0.25, 0.3) is 0 Å². The number of benzene rings is 2. The van der Waals surface area contributed by atoms with Crippen LogP contribution in [0.5, 0.6) is 0 Å². The van der Waals surface area contributed by atoms with Crippen molar-refractivity contribution in [3.05, 3.63) is 82.2 Å². The molecule has 0 aliphatic heterocycles. The Morgan fingerprint density at radius 3 is 2.50 bits per heavy atom. The SMILES string of the molecule is Cc1ccccc1C(=O)c1cnc(Nc2ccc(-c3sccc3S(N)(=O)=O)cc2)s1. The highest BCUT2D eigenvalue weighted by atomic mass is 32.2. The lowest BCUT2D eigenvalue weighted by Gasteiger charge is -2.05. The van der Waals surface area contributed by atoms with E-state index in [4.69, 9.17) is 5.14 Å². The van der Waals surface area contributed by atoms with Gasteiger partial charge in [-0.15, -0.1) is 11.3 Å². The first-order valence-corrected chi connectivity index (χ1v) is 12.1. The van der Waals surface area contributed by atoms with Gasteiger partial charge in [0.15, 0.2) is 5.13 Å². The molecule has 152 valence electrons. The standard InChI is InChI=1S/C21H17N3O3S3/c1-13-4-2-3-5-16(13)19(25)17-12-23-21(29-17)24-15-8-6-14(7-9-15)20-18(10-11-28-20)30(22,26)27/h2-12H,1H3,(H,23,24)(H2,22,26,27). The lowest BCUT2D eigenvalue weighted by atomic mass is 10.0. The molecule has 0 atom stereocenters. The number of thiazole rings is 1. The molecule has 2 aromatic carbocycles. The summed E-state index contributed by atoms with van der Waals surface area (Å²) in [6.45, 7) is 1.91. The van der Waals surface area contributed by atoms with Crippen LogP contribution >= 0.6 is 22.7 Å². The van der Waals surface area contributed by atoms with Crippen LogP contribution in [-0.4, -0.2) is 19.2 Å². The van der Waals surface area contributed by atoms with Gasteiger partial charge in [-0.2, -0.15) is 0 Å². The van der Waals surface area contributed by atoms with Crippen LogP contribution in [0, 0.1) is 6.92 Å². The number of hydrogen-bond donors (Lipinski definition) is 2. The van der Waals surface area contributed by atoms with E-state index >= 15 is 0 Å². The fourth-order valence-corrected chi connectivity index (χ4v) is 5.76. The maximum Gasteiger partial charge on any atom is 0.239 e. The van der Waals surface area contributed by atoms with Crippen LogP contribution in [0.1, 0.15) is 20.8 Å². The second-order valence-electron chi connectivity index (χ2n) is 6.54. The van der Waals surface area contributed by atoms with E-state index in [1.54, 1.807) is 11.6 Å². The Morgan fingerprint density at radius 1 is 1.07 bits per heavy atom. The Balaban J connectivity index is 1.52. The van der Waals surface area contributed by atoms with Crippen LogP contribution in [0.4, 0.5) is 10.8 Å². The largest absolute Gasteiger partial charge is 0.332 e. The molecule has 0 aliphatic rings. The molecular weight excluding hydrogens is 438 g/mol. The highest BCUT2D eigenvalue weighted by Gasteiger charge is 2.17. The van der Waals surface area contributed by atoms with E-state index in [9.17, 15) is 13.2 Å². The fraction of sp³-hybridized carbons (Fsp3) is 0.0476. The number of anilines is 2. The van der Waals surface area contributed by atoms with Crippen LogP contribution in [0.25, 0.3) is 10.4 Å². The van der Waals surface area contributed by atoms with Crippen molar-refractivity contribution in [1.29, 1.82) is 0 Å². The molecule has 0 unspecified atom stereocenters. The summed E-state index contributed by atoms with van der Waals surface area (Å²) in [5.74, 6) is -0.0535. The van der Waals surface area contributed by atoms with Crippen LogP contribution in [-0.2, 0) is 10.0 Å². The minimum atomic E-state index is -3.77. The van der Waals surface area contributed by atoms with Crippen LogP contribution in [0.2, 0.25) is 0 Å². The number of thiophene rings is 1. The average Bonchev–Trinajstić information content (AvgIpc) is 3.38. The van der Waals surface area contributed by atoms with Gasteiger partial charge < -0.3 is 5.32 Å². The minimum Gasteiger partial charge on any atom is -0.332 e. The predicted octanol–water partition coefficient (Wildman–Crippen LogP) is 4.80. The maximum atomic E-state index is 12.7. The number of nitrogens with two attached hydrogens (primary N) is 1. The first-order valence-electron chi connectivity index (χ1n) is 8.87. The molecule has 4 rings (SSSR count). The normalized spacial score (nSPS) is 11.4. The lowest BCUT2D eigenvalue weighted by Crippen LogP contribution is -2.11. The van der Waals surface area contributed by atoms with Gasteiger partial charge in [0.1, 0.15) is 4.90 Å². The molecule has 0 amide bonds. The summed E-state index contributed by atoms with van der Waals surface area (Å²) in [5.41, 5.74) is 3.12.